The summed E-state index contributed by atoms with van der Waals surface area (Å²) in [6.45, 7) is 9.89. The highest BCUT2D eigenvalue weighted by molar-refractivity contribution is 5.22. The van der Waals surface area contributed by atoms with Gasteiger partial charge in [-0.1, -0.05) is 24.3 Å². The lowest BCUT2D eigenvalue weighted by atomic mass is 9.93. The Kier molecular flexibility index (Phi) is 6.68. The minimum Gasteiger partial charge on any atom is -0.381 e. The zero-order valence-electron chi connectivity index (χ0n) is 13.6. The van der Waals surface area contributed by atoms with Gasteiger partial charge in [-0.25, -0.2) is 0 Å². The Hall–Kier alpha value is -0.900. The molecule has 0 amide bonds. The normalized spacial score (nSPS) is 18.1. The van der Waals surface area contributed by atoms with E-state index >= 15 is 0 Å². The van der Waals surface area contributed by atoms with Crippen LogP contribution in [0.1, 0.15) is 44.7 Å². The van der Waals surface area contributed by atoms with Crippen LogP contribution in [0, 0.1) is 5.92 Å². The number of hydrogen-bond acceptors (Lipinski definition) is 3. The van der Waals surface area contributed by atoms with Crippen molar-refractivity contribution in [1.29, 1.82) is 0 Å². The number of nitrogens with one attached hydrogen (secondary N) is 1. The van der Waals surface area contributed by atoms with Crippen molar-refractivity contribution < 1.29 is 9.47 Å². The molecule has 0 aliphatic carbocycles. The van der Waals surface area contributed by atoms with Crippen molar-refractivity contribution >= 4 is 0 Å². The molecule has 1 fully saturated rings. The molecule has 1 atom stereocenters. The summed E-state index contributed by atoms with van der Waals surface area (Å²) in [5, 5.41) is 3.65. The van der Waals surface area contributed by atoms with Gasteiger partial charge in [0, 0.05) is 25.8 Å². The second-order valence-electron chi connectivity index (χ2n) is 6.30. The van der Waals surface area contributed by atoms with Crippen LogP contribution in [-0.2, 0) is 22.6 Å². The van der Waals surface area contributed by atoms with Gasteiger partial charge in [0.05, 0.1) is 12.7 Å². The minimum atomic E-state index is 0.284. The molecule has 0 bridgehead atoms. The van der Waals surface area contributed by atoms with Crippen molar-refractivity contribution in [3.63, 3.8) is 0 Å². The molecule has 0 saturated carbocycles. The third kappa shape index (κ3) is 5.77. The van der Waals surface area contributed by atoms with E-state index in [-0.39, 0.29) is 6.10 Å². The summed E-state index contributed by atoms with van der Waals surface area (Å²) in [6.07, 6.45) is 2.64. The maximum atomic E-state index is 5.62. The van der Waals surface area contributed by atoms with E-state index in [1.54, 1.807) is 0 Å². The molecular formula is C18H29NO2. The number of rotatable bonds is 7. The average molecular weight is 291 g/mol. The van der Waals surface area contributed by atoms with Crippen molar-refractivity contribution in [2.45, 2.75) is 58.9 Å². The first kappa shape index (κ1) is 16.5. The van der Waals surface area contributed by atoms with E-state index in [1.165, 1.54) is 24.0 Å². The van der Waals surface area contributed by atoms with E-state index in [0.717, 1.165) is 25.7 Å². The fourth-order valence-electron chi connectivity index (χ4n) is 2.68. The molecule has 3 heteroatoms. The van der Waals surface area contributed by atoms with E-state index in [1.807, 2.05) is 0 Å². The van der Waals surface area contributed by atoms with Crippen molar-refractivity contribution in [2.24, 2.45) is 5.92 Å². The van der Waals surface area contributed by atoms with Crippen LogP contribution in [0.25, 0.3) is 0 Å². The van der Waals surface area contributed by atoms with Crippen molar-refractivity contribution in [2.75, 3.05) is 13.2 Å². The van der Waals surface area contributed by atoms with Gasteiger partial charge in [-0.3, -0.25) is 0 Å². The van der Waals surface area contributed by atoms with Gasteiger partial charge >= 0.3 is 0 Å². The SMILES string of the molecule is CC(C)OCc1ccc(CN[C@@H](C)C2CCOCC2)cc1. The number of benzene rings is 1. The van der Waals surface area contributed by atoms with Crippen LogP contribution in [-0.4, -0.2) is 25.4 Å². The zero-order valence-corrected chi connectivity index (χ0v) is 13.6. The maximum Gasteiger partial charge on any atom is 0.0720 e. The zero-order chi connectivity index (χ0) is 15.1. The Morgan fingerprint density at radius 2 is 1.71 bits per heavy atom. The molecular weight excluding hydrogens is 262 g/mol. The second kappa shape index (κ2) is 8.52. The van der Waals surface area contributed by atoms with Crippen molar-refractivity contribution in [3.8, 4) is 0 Å². The second-order valence-corrected chi connectivity index (χ2v) is 6.30. The summed E-state index contributed by atoms with van der Waals surface area (Å²) in [5.74, 6) is 0.748. The molecule has 21 heavy (non-hydrogen) atoms. The highest BCUT2D eigenvalue weighted by atomic mass is 16.5. The Labute approximate surface area is 129 Å². The van der Waals surface area contributed by atoms with Crippen molar-refractivity contribution in [3.05, 3.63) is 35.4 Å². The Bertz CT molecular complexity index is 396. The lowest BCUT2D eigenvalue weighted by Gasteiger charge is -2.28. The Balaban J connectivity index is 1.74. The van der Waals surface area contributed by atoms with Gasteiger partial charge in [-0.2, -0.15) is 0 Å². The molecule has 0 radical (unpaired) electrons. The van der Waals surface area contributed by atoms with Crippen LogP contribution in [0.15, 0.2) is 24.3 Å². The van der Waals surface area contributed by atoms with Crippen LogP contribution < -0.4 is 5.32 Å². The first-order chi connectivity index (χ1) is 10.1. The maximum absolute atomic E-state index is 5.62. The molecule has 1 aliphatic heterocycles. The van der Waals surface area contributed by atoms with Gasteiger partial charge in [-0.05, 0) is 50.7 Å². The standard InChI is InChI=1S/C18H29NO2/c1-14(2)21-13-17-6-4-16(5-7-17)12-19-15(3)18-8-10-20-11-9-18/h4-7,14-15,18-19H,8-13H2,1-3H3/t15-/m0/s1. The van der Waals surface area contributed by atoms with Crippen LogP contribution >= 0.6 is 0 Å². The van der Waals surface area contributed by atoms with Gasteiger partial charge in [0.1, 0.15) is 0 Å². The van der Waals surface area contributed by atoms with E-state index < -0.39 is 0 Å². The summed E-state index contributed by atoms with van der Waals surface area (Å²) in [4.78, 5) is 0. The molecule has 1 aromatic carbocycles. The van der Waals surface area contributed by atoms with Gasteiger partial charge in [0.2, 0.25) is 0 Å². The third-order valence-electron chi connectivity index (χ3n) is 4.21. The van der Waals surface area contributed by atoms with E-state index in [0.29, 0.717) is 12.6 Å². The van der Waals surface area contributed by atoms with E-state index in [2.05, 4.69) is 50.4 Å². The van der Waals surface area contributed by atoms with Crippen molar-refractivity contribution in [1.82, 2.24) is 5.32 Å². The average Bonchev–Trinajstić information content (AvgIpc) is 2.52. The molecule has 118 valence electrons. The molecule has 0 unspecified atom stereocenters. The smallest absolute Gasteiger partial charge is 0.0720 e. The Morgan fingerprint density at radius 1 is 1.10 bits per heavy atom. The largest absolute Gasteiger partial charge is 0.381 e. The predicted octanol–water partition coefficient (Wildman–Crippen LogP) is 3.52. The van der Waals surface area contributed by atoms with E-state index in [9.17, 15) is 0 Å². The van der Waals surface area contributed by atoms with Gasteiger partial charge in [0.25, 0.3) is 0 Å². The fraction of sp³-hybridized carbons (Fsp3) is 0.667. The summed E-state index contributed by atoms with van der Waals surface area (Å²) in [5.41, 5.74) is 2.58. The van der Waals surface area contributed by atoms with Gasteiger partial charge in [-0.15, -0.1) is 0 Å². The van der Waals surface area contributed by atoms with Crippen LogP contribution in [0.3, 0.4) is 0 Å². The van der Waals surface area contributed by atoms with Gasteiger partial charge in [0.15, 0.2) is 0 Å². The number of hydrogen-bond donors (Lipinski definition) is 1. The quantitative estimate of drug-likeness (QED) is 0.834. The first-order valence-corrected chi connectivity index (χ1v) is 8.15. The fourth-order valence-corrected chi connectivity index (χ4v) is 2.68. The summed E-state index contributed by atoms with van der Waals surface area (Å²) >= 11 is 0. The van der Waals surface area contributed by atoms with Gasteiger partial charge < -0.3 is 14.8 Å². The molecule has 3 nitrogen and oxygen atoms in total. The lowest BCUT2D eigenvalue weighted by Crippen LogP contribution is -2.36. The third-order valence-corrected chi connectivity index (χ3v) is 4.21. The van der Waals surface area contributed by atoms with E-state index in [4.69, 9.17) is 9.47 Å². The molecule has 0 aromatic heterocycles. The highest BCUT2D eigenvalue weighted by Gasteiger charge is 2.19. The first-order valence-electron chi connectivity index (χ1n) is 8.15. The topological polar surface area (TPSA) is 30.5 Å². The van der Waals surface area contributed by atoms with Crippen LogP contribution in [0.2, 0.25) is 0 Å². The van der Waals surface area contributed by atoms with Crippen LogP contribution in [0.5, 0.6) is 0 Å². The summed E-state index contributed by atoms with van der Waals surface area (Å²) in [7, 11) is 0. The monoisotopic (exact) mass is 291 g/mol. The highest BCUT2D eigenvalue weighted by Crippen LogP contribution is 2.19. The van der Waals surface area contributed by atoms with Crippen LogP contribution in [0.4, 0.5) is 0 Å². The predicted molar refractivity (Wildman–Crippen MR) is 86.2 cm³/mol. The molecule has 2 rings (SSSR count). The summed E-state index contributed by atoms with van der Waals surface area (Å²) in [6, 6.07) is 9.28. The summed E-state index contributed by atoms with van der Waals surface area (Å²) < 4.78 is 11.0. The Morgan fingerprint density at radius 3 is 2.33 bits per heavy atom. The molecule has 1 aromatic rings. The molecule has 1 saturated heterocycles. The molecule has 1 heterocycles. The minimum absolute atomic E-state index is 0.284. The number of ether oxygens (including phenoxy) is 2. The lowest BCUT2D eigenvalue weighted by molar-refractivity contribution is 0.0558. The molecule has 1 aliphatic rings. The molecule has 1 N–H and O–H groups in total. The molecule has 0 spiro atoms.